The number of benzene rings is 2. The molecule has 0 aliphatic carbocycles. The number of fused-ring (bicyclic) bond motifs is 1. The Kier molecular flexibility index (Phi) is 6.77. The van der Waals surface area contributed by atoms with Gasteiger partial charge in [0, 0.05) is 27.2 Å². The molecule has 1 heterocycles. The minimum absolute atomic E-state index is 0.356. The molecule has 3 aromatic rings. The van der Waals surface area contributed by atoms with Crippen molar-refractivity contribution in [3.63, 3.8) is 0 Å². The number of anilines is 1. The molecule has 3 rings (SSSR count). The molecule has 0 saturated heterocycles. The van der Waals surface area contributed by atoms with Gasteiger partial charge < -0.3 is 14.0 Å². The Labute approximate surface area is 197 Å². The van der Waals surface area contributed by atoms with Gasteiger partial charge in [-0.05, 0) is 57.5 Å². The summed E-state index contributed by atoms with van der Waals surface area (Å²) in [5.74, 6) is -0.466. The SMILES string of the molecule is CCC(C(=O)OC)(c1ccc(Cl)cc1Cl)n1ccc2c(NC(=O)OC(C)(C)C)cccc21. The first-order valence-corrected chi connectivity index (χ1v) is 10.9. The van der Waals surface area contributed by atoms with Gasteiger partial charge in [-0.25, -0.2) is 9.59 Å². The number of rotatable bonds is 5. The highest BCUT2D eigenvalue weighted by molar-refractivity contribution is 6.35. The summed E-state index contributed by atoms with van der Waals surface area (Å²) in [5.41, 5.74) is -0.00876. The first-order valence-electron chi connectivity index (χ1n) is 10.2. The van der Waals surface area contributed by atoms with Crippen LogP contribution < -0.4 is 5.32 Å². The van der Waals surface area contributed by atoms with E-state index in [-0.39, 0.29) is 0 Å². The lowest BCUT2D eigenvalue weighted by molar-refractivity contribution is -0.149. The van der Waals surface area contributed by atoms with Gasteiger partial charge in [0.05, 0.1) is 18.3 Å². The monoisotopic (exact) mass is 476 g/mol. The fraction of sp³-hybridized carbons (Fsp3) is 0.333. The molecule has 0 spiro atoms. The number of hydrogen-bond donors (Lipinski definition) is 1. The maximum absolute atomic E-state index is 13.2. The van der Waals surface area contributed by atoms with Crippen LogP contribution in [0.4, 0.5) is 10.5 Å². The molecule has 0 fully saturated rings. The summed E-state index contributed by atoms with van der Waals surface area (Å²) >= 11 is 12.6. The average molecular weight is 477 g/mol. The molecule has 0 saturated carbocycles. The second-order valence-corrected chi connectivity index (χ2v) is 9.22. The van der Waals surface area contributed by atoms with E-state index in [1.165, 1.54) is 7.11 Å². The van der Waals surface area contributed by atoms with Crippen molar-refractivity contribution in [1.29, 1.82) is 0 Å². The molecular weight excluding hydrogens is 451 g/mol. The van der Waals surface area contributed by atoms with E-state index < -0.39 is 23.2 Å². The molecule has 0 bridgehead atoms. The minimum atomic E-state index is -1.23. The fourth-order valence-electron chi connectivity index (χ4n) is 3.86. The summed E-state index contributed by atoms with van der Waals surface area (Å²) in [7, 11) is 1.34. The molecule has 1 N–H and O–H groups in total. The number of methoxy groups -OCH3 is 1. The molecule has 8 heteroatoms. The number of ether oxygens (including phenoxy) is 2. The van der Waals surface area contributed by atoms with Gasteiger partial charge in [-0.1, -0.05) is 42.3 Å². The molecule has 1 aromatic heterocycles. The molecule has 2 aromatic carbocycles. The van der Waals surface area contributed by atoms with Gasteiger partial charge in [-0.3, -0.25) is 5.32 Å². The van der Waals surface area contributed by atoms with Gasteiger partial charge in [0.15, 0.2) is 5.54 Å². The third kappa shape index (κ3) is 4.43. The summed E-state index contributed by atoms with van der Waals surface area (Å²) in [5, 5.41) is 4.36. The topological polar surface area (TPSA) is 69.6 Å². The van der Waals surface area contributed by atoms with Gasteiger partial charge in [0.2, 0.25) is 0 Å². The molecule has 0 radical (unpaired) electrons. The Morgan fingerprint density at radius 3 is 2.41 bits per heavy atom. The summed E-state index contributed by atoms with van der Waals surface area (Å²) in [6.07, 6.45) is 1.60. The molecule has 1 atom stereocenters. The van der Waals surface area contributed by atoms with Crippen molar-refractivity contribution in [2.45, 2.75) is 45.3 Å². The number of nitrogens with one attached hydrogen (secondary N) is 1. The molecule has 0 aliphatic heterocycles. The van der Waals surface area contributed by atoms with Crippen LogP contribution in [0.2, 0.25) is 10.0 Å². The number of aromatic nitrogens is 1. The van der Waals surface area contributed by atoms with Crippen molar-refractivity contribution < 1.29 is 19.1 Å². The van der Waals surface area contributed by atoms with Crippen LogP contribution in [0, 0.1) is 0 Å². The highest BCUT2D eigenvalue weighted by atomic mass is 35.5. The number of carbonyl (C=O) groups is 2. The van der Waals surface area contributed by atoms with Crippen molar-refractivity contribution in [1.82, 2.24) is 4.57 Å². The first kappa shape index (κ1) is 24.0. The van der Waals surface area contributed by atoms with Crippen molar-refractivity contribution >= 4 is 51.9 Å². The Morgan fingerprint density at radius 2 is 1.81 bits per heavy atom. The Hall–Kier alpha value is -2.70. The maximum Gasteiger partial charge on any atom is 0.412 e. The maximum atomic E-state index is 13.2. The normalized spacial score (nSPS) is 13.5. The summed E-state index contributed by atoms with van der Waals surface area (Å²) in [6.45, 7) is 7.28. The standard InChI is InChI=1S/C24H26Cl2N2O4/c1-6-24(21(29)31-5,17-11-10-15(25)14-18(17)26)28-13-12-16-19(8-7-9-20(16)28)27-22(30)32-23(2,3)4/h7-14H,6H2,1-5H3,(H,27,30). The van der Waals surface area contributed by atoms with Gasteiger partial charge in [0.1, 0.15) is 5.60 Å². The van der Waals surface area contributed by atoms with Crippen molar-refractivity contribution in [3.05, 3.63) is 64.3 Å². The third-order valence-corrected chi connectivity index (χ3v) is 5.74. The Morgan fingerprint density at radius 1 is 1.09 bits per heavy atom. The number of hydrogen-bond acceptors (Lipinski definition) is 4. The van der Waals surface area contributed by atoms with E-state index in [0.29, 0.717) is 27.7 Å². The van der Waals surface area contributed by atoms with Crippen LogP contribution >= 0.6 is 23.2 Å². The zero-order valence-electron chi connectivity index (χ0n) is 18.7. The first-order chi connectivity index (χ1) is 15.0. The molecule has 6 nitrogen and oxygen atoms in total. The van der Waals surface area contributed by atoms with Crippen molar-refractivity contribution in [3.8, 4) is 0 Å². The van der Waals surface area contributed by atoms with Crippen LogP contribution in [0.1, 0.15) is 39.7 Å². The minimum Gasteiger partial charge on any atom is -0.467 e. The molecule has 0 aliphatic rings. The zero-order chi connectivity index (χ0) is 23.7. The van der Waals surface area contributed by atoms with Crippen molar-refractivity contribution in [2.24, 2.45) is 0 Å². The Bertz CT molecular complexity index is 1170. The van der Waals surface area contributed by atoms with Gasteiger partial charge >= 0.3 is 12.1 Å². The largest absolute Gasteiger partial charge is 0.467 e. The van der Waals surface area contributed by atoms with Gasteiger partial charge in [-0.15, -0.1) is 0 Å². The van der Waals surface area contributed by atoms with E-state index in [0.717, 1.165) is 10.9 Å². The summed E-state index contributed by atoms with van der Waals surface area (Å²) in [6, 6.07) is 12.3. The number of carbonyl (C=O) groups excluding carboxylic acids is 2. The van der Waals surface area contributed by atoms with E-state index in [9.17, 15) is 9.59 Å². The van der Waals surface area contributed by atoms with E-state index in [1.54, 1.807) is 57.3 Å². The highest BCUT2D eigenvalue weighted by Gasteiger charge is 2.44. The highest BCUT2D eigenvalue weighted by Crippen LogP contribution is 2.40. The van der Waals surface area contributed by atoms with Crippen LogP contribution in [0.5, 0.6) is 0 Å². The lowest BCUT2D eigenvalue weighted by Crippen LogP contribution is -2.43. The quantitative estimate of drug-likeness (QED) is 0.419. The van der Waals surface area contributed by atoms with Crippen molar-refractivity contribution in [2.75, 3.05) is 12.4 Å². The number of halogens is 2. The Balaban J connectivity index is 2.19. The van der Waals surface area contributed by atoms with Crippen LogP contribution in [-0.4, -0.2) is 29.3 Å². The van der Waals surface area contributed by atoms with Gasteiger partial charge in [-0.2, -0.15) is 0 Å². The lowest BCUT2D eigenvalue weighted by atomic mass is 9.86. The second kappa shape index (κ2) is 9.04. The lowest BCUT2D eigenvalue weighted by Gasteiger charge is -2.34. The average Bonchev–Trinajstić information content (AvgIpc) is 3.14. The van der Waals surface area contributed by atoms with Crippen LogP contribution in [-0.2, 0) is 19.8 Å². The van der Waals surface area contributed by atoms with E-state index in [2.05, 4.69) is 5.32 Å². The van der Waals surface area contributed by atoms with Crippen LogP contribution in [0.25, 0.3) is 10.9 Å². The predicted molar refractivity (Wildman–Crippen MR) is 128 cm³/mol. The predicted octanol–water partition coefficient (Wildman–Crippen LogP) is 6.62. The number of nitrogens with zero attached hydrogens (tertiary/aromatic N) is 1. The zero-order valence-corrected chi connectivity index (χ0v) is 20.2. The number of amides is 1. The number of esters is 1. The smallest absolute Gasteiger partial charge is 0.412 e. The van der Waals surface area contributed by atoms with Crippen LogP contribution in [0.3, 0.4) is 0 Å². The van der Waals surface area contributed by atoms with Crippen LogP contribution in [0.15, 0.2) is 48.7 Å². The van der Waals surface area contributed by atoms with E-state index >= 15 is 0 Å². The fourth-order valence-corrected chi connectivity index (χ4v) is 4.42. The molecule has 170 valence electrons. The summed E-state index contributed by atoms with van der Waals surface area (Å²) in [4.78, 5) is 25.6. The summed E-state index contributed by atoms with van der Waals surface area (Å²) < 4.78 is 12.4. The second-order valence-electron chi connectivity index (χ2n) is 8.38. The molecule has 1 unspecified atom stereocenters. The molecule has 32 heavy (non-hydrogen) atoms. The van der Waals surface area contributed by atoms with E-state index in [1.807, 2.05) is 23.6 Å². The van der Waals surface area contributed by atoms with E-state index in [4.69, 9.17) is 32.7 Å². The van der Waals surface area contributed by atoms with Gasteiger partial charge in [0.25, 0.3) is 0 Å². The molecular formula is C24H26Cl2N2O4. The third-order valence-electron chi connectivity index (χ3n) is 5.19. The molecule has 1 amide bonds.